The first-order valence-electron chi connectivity index (χ1n) is 8.24. The molecule has 2 saturated heterocycles. The molecular formula is C17H25N3O3. The van der Waals surface area contributed by atoms with Crippen molar-refractivity contribution in [3.8, 4) is 0 Å². The fourth-order valence-electron chi connectivity index (χ4n) is 2.86. The minimum atomic E-state index is -0.462. The molecule has 1 aromatic rings. The van der Waals surface area contributed by atoms with E-state index in [2.05, 4.69) is 29.4 Å². The minimum Gasteiger partial charge on any atom is -0.381 e. The molecule has 0 aliphatic carbocycles. The Balaban J connectivity index is 1.49. The Hall–Kier alpha value is -1.63. The third-order valence-corrected chi connectivity index (χ3v) is 4.27. The normalized spacial score (nSPS) is 24.0. The minimum absolute atomic E-state index is 0.0454. The molecule has 2 aliphatic heterocycles. The molecule has 6 heteroatoms. The zero-order chi connectivity index (χ0) is 16.1. The van der Waals surface area contributed by atoms with Crippen LogP contribution < -0.4 is 11.1 Å². The summed E-state index contributed by atoms with van der Waals surface area (Å²) in [6.07, 6.45) is 2.54. The van der Waals surface area contributed by atoms with Crippen molar-refractivity contribution in [3.63, 3.8) is 0 Å². The van der Waals surface area contributed by atoms with E-state index in [9.17, 15) is 0 Å². The Bertz CT molecular complexity index is 539. The monoisotopic (exact) mass is 319 g/mol. The van der Waals surface area contributed by atoms with E-state index in [0.29, 0.717) is 32.3 Å². The average molecular weight is 319 g/mol. The highest BCUT2D eigenvalue weighted by atomic mass is 16.7. The smallest absolute Gasteiger partial charge is 0.193 e. The molecule has 0 saturated carbocycles. The van der Waals surface area contributed by atoms with Crippen LogP contribution in [0.15, 0.2) is 29.3 Å². The first-order chi connectivity index (χ1) is 11.2. The number of nitrogens with one attached hydrogen (secondary N) is 1. The molecule has 2 heterocycles. The van der Waals surface area contributed by atoms with Crippen LogP contribution in [0.2, 0.25) is 0 Å². The number of hydrogen-bond donors (Lipinski definition) is 2. The van der Waals surface area contributed by atoms with Crippen LogP contribution in [-0.4, -0.2) is 44.2 Å². The highest BCUT2D eigenvalue weighted by molar-refractivity contribution is 5.92. The van der Waals surface area contributed by atoms with Crippen LogP contribution in [0.5, 0.6) is 0 Å². The van der Waals surface area contributed by atoms with Gasteiger partial charge < -0.3 is 25.3 Å². The summed E-state index contributed by atoms with van der Waals surface area (Å²) in [4.78, 5) is 4.37. The van der Waals surface area contributed by atoms with Crippen molar-refractivity contribution in [2.24, 2.45) is 10.7 Å². The Morgan fingerprint density at radius 1 is 1.30 bits per heavy atom. The van der Waals surface area contributed by atoms with Crippen LogP contribution in [0.25, 0.3) is 0 Å². The molecule has 3 rings (SSSR count). The highest BCUT2D eigenvalue weighted by Gasteiger charge is 2.42. The van der Waals surface area contributed by atoms with Crippen molar-refractivity contribution in [1.82, 2.24) is 0 Å². The number of ether oxygens (including phenoxy) is 3. The Morgan fingerprint density at radius 3 is 2.74 bits per heavy atom. The molecule has 23 heavy (non-hydrogen) atoms. The summed E-state index contributed by atoms with van der Waals surface area (Å²) in [5.74, 6) is -0.0675. The molecule has 126 valence electrons. The van der Waals surface area contributed by atoms with E-state index < -0.39 is 5.79 Å². The van der Waals surface area contributed by atoms with Gasteiger partial charge in [0.1, 0.15) is 6.10 Å². The molecule has 0 aromatic heterocycles. The number of aryl methyl sites for hydroxylation is 1. The van der Waals surface area contributed by atoms with Gasteiger partial charge in [0.2, 0.25) is 0 Å². The zero-order valence-corrected chi connectivity index (χ0v) is 13.6. The van der Waals surface area contributed by atoms with Crippen molar-refractivity contribution in [2.45, 2.75) is 38.1 Å². The van der Waals surface area contributed by atoms with Crippen molar-refractivity contribution >= 4 is 11.6 Å². The van der Waals surface area contributed by atoms with Crippen LogP contribution >= 0.6 is 0 Å². The van der Waals surface area contributed by atoms with Crippen LogP contribution in [0.4, 0.5) is 5.69 Å². The highest BCUT2D eigenvalue weighted by Crippen LogP contribution is 2.33. The molecule has 1 aromatic carbocycles. The van der Waals surface area contributed by atoms with Crippen molar-refractivity contribution in [2.75, 3.05) is 31.7 Å². The second-order valence-electron chi connectivity index (χ2n) is 5.98. The lowest BCUT2D eigenvalue weighted by atomic mass is 10.1. The van der Waals surface area contributed by atoms with Gasteiger partial charge in [0, 0.05) is 18.5 Å². The molecular weight excluding hydrogens is 294 g/mol. The van der Waals surface area contributed by atoms with E-state index in [-0.39, 0.29) is 6.10 Å². The molecule has 1 unspecified atom stereocenters. The number of nitrogens with two attached hydrogens (primary N) is 1. The SMILES string of the molecule is CCc1ccc(NC(N)=NCC2COC3(CCOCC3)O2)cc1. The number of hydrogen-bond acceptors (Lipinski definition) is 4. The second kappa shape index (κ2) is 7.29. The van der Waals surface area contributed by atoms with E-state index >= 15 is 0 Å². The molecule has 3 N–H and O–H groups in total. The summed E-state index contributed by atoms with van der Waals surface area (Å²) in [5, 5.41) is 3.10. The van der Waals surface area contributed by atoms with E-state index in [1.54, 1.807) is 0 Å². The maximum absolute atomic E-state index is 6.03. The lowest BCUT2D eigenvalue weighted by Crippen LogP contribution is -2.38. The number of rotatable bonds is 4. The van der Waals surface area contributed by atoms with E-state index in [1.165, 1.54) is 5.56 Å². The van der Waals surface area contributed by atoms with Gasteiger partial charge in [-0.2, -0.15) is 0 Å². The molecule has 2 fully saturated rings. The Labute approximate surface area is 137 Å². The summed E-state index contributed by atoms with van der Waals surface area (Å²) < 4.78 is 17.2. The fourth-order valence-corrected chi connectivity index (χ4v) is 2.86. The topological polar surface area (TPSA) is 78.1 Å². The maximum Gasteiger partial charge on any atom is 0.193 e. The lowest BCUT2D eigenvalue weighted by molar-refractivity contribution is -0.210. The summed E-state index contributed by atoms with van der Waals surface area (Å²) in [7, 11) is 0. The van der Waals surface area contributed by atoms with Crippen molar-refractivity contribution < 1.29 is 14.2 Å². The number of guanidine groups is 1. The lowest BCUT2D eigenvalue weighted by Gasteiger charge is -2.31. The van der Waals surface area contributed by atoms with Gasteiger partial charge in [-0.15, -0.1) is 0 Å². The van der Waals surface area contributed by atoms with Gasteiger partial charge in [-0.3, -0.25) is 4.99 Å². The maximum atomic E-state index is 6.03. The zero-order valence-electron chi connectivity index (χ0n) is 13.6. The largest absolute Gasteiger partial charge is 0.381 e. The van der Waals surface area contributed by atoms with E-state index in [4.69, 9.17) is 19.9 Å². The van der Waals surface area contributed by atoms with E-state index in [1.807, 2.05) is 12.1 Å². The standard InChI is InChI=1S/C17H25N3O3/c1-2-13-3-5-14(6-4-13)20-16(18)19-11-15-12-22-17(23-15)7-9-21-10-8-17/h3-6,15H,2,7-12H2,1H3,(H3,18,19,20). The summed E-state index contributed by atoms with van der Waals surface area (Å²) in [5.41, 5.74) is 8.18. The average Bonchev–Trinajstić information content (AvgIpc) is 2.97. The first-order valence-corrected chi connectivity index (χ1v) is 8.24. The predicted octanol–water partition coefficient (Wildman–Crippen LogP) is 1.90. The molecule has 0 amide bonds. The van der Waals surface area contributed by atoms with Crippen molar-refractivity contribution in [1.29, 1.82) is 0 Å². The predicted molar refractivity (Wildman–Crippen MR) is 89.5 cm³/mol. The summed E-state index contributed by atoms with van der Waals surface area (Å²) >= 11 is 0. The second-order valence-corrected chi connectivity index (χ2v) is 5.98. The van der Waals surface area contributed by atoms with Gasteiger partial charge >= 0.3 is 0 Å². The quantitative estimate of drug-likeness (QED) is 0.654. The molecule has 0 radical (unpaired) electrons. The van der Waals surface area contributed by atoms with E-state index in [0.717, 1.165) is 24.9 Å². The summed E-state index contributed by atoms with van der Waals surface area (Å²) in [6.45, 7) is 4.56. The van der Waals surface area contributed by atoms with Gasteiger partial charge in [0.15, 0.2) is 11.7 Å². The van der Waals surface area contributed by atoms with Crippen LogP contribution in [0, 0.1) is 0 Å². The summed E-state index contributed by atoms with van der Waals surface area (Å²) in [6, 6.07) is 8.18. The molecule has 0 bridgehead atoms. The number of anilines is 1. The van der Waals surface area contributed by atoms with Gasteiger partial charge in [0.25, 0.3) is 0 Å². The Morgan fingerprint density at radius 2 is 2.04 bits per heavy atom. The third kappa shape index (κ3) is 4.22. The molecule has 1 spiro atoms. The van der Waals surface area contributed by atoms with Crippen LogP contribution in [-0.2, 0) is 20.6 Å². The third-order valence-electron chi connectivity index (χ3n) is 4.27. The van der Waals surface area contributed by atoms with Gasteiger partial charge in [-0.05, 0) is 24.1 Å². The van der Waals surface area contributed by atoms with Crippen LogP contribution in [0.1, 0.15) is 25.3 Å². The molecule has 6 nitrogen and oxygen atoms in total. The van der Waals surface area contributed by atoms with Gasteiger partial charge in [-0.1, -0.05) is 19.1 Å². The number of benzene rings is 1. The van der Waals surface area contributed by atoms with Crippen molar-refractivity contribution in [3.05, 3.63) is 29.8 Å². The molecule has 1 atom stereocenters. The van der Waals surface area contributed by atoms with Crippen LogP contribution in [0.3, 0.4) is 0 Å². The Kier molecular flexibility index (Phi) is 5.15. The number of aliphatic imine (C=N–C) groups is 1. The fraction of sp³-hybridized carbons (Fsp3) is 0.588. The molecule has 2 aliphatic rings. The first kappa shape index (κ1) is 16.2. The number of nitrogens with zero attached hydrogens (tertiary/aromatic N) is 1. The van der Waals surface area contributed by atoms with Gasteiger partial charge in [-0.25, -0.2) is 0 Å². The van der Waals surface area contributed by atoms with Gasteiger partial charge in [0.05, 0.1) is 26.4 Å².